The normalized spacial score (nSPS) is 12.1. The molecule has 40 heavy (non-hydrogen) atoms. The molecule has 0 aliphatic carbocycles. The van der Waals surface area contributed by atoms with Crippen LogP contribution in [0, 0.1) is 0 Å². The van der Waals surface area contributed by atoms with Crippen LogP contribution < -0.4 is 25.7 Å². The molecule has 0 spiro atoms. The van der Waals surface area contributed by atoms with Gasteiger partial charge in [-0.3, -0.25) is 14.9 Å². The smallest absolute Gasteiger partial charge is 0.162 e. The number of hydrogen-bond donors (Lipinski definition) is 2. The van der Waals surface area contributed by atoms with Gasteiger partial charge in [-0.2, -0.15) is 0 Å². The Labute approximate surface area is 233 Å². The van der Waals surface area contributed by atoms with Crippen molar-refractivity contribution in [2.45, 2.75) is 19.5 Å². The molecule has 0 bridgehead atoms. The number of fused-ring (bicyclic) bond motifs is 3. The van der Waals surface area contributed by atoms with E-state index in [0.29, 0.717) is 35.4 Å². The molecular formula is C31H34N6O3. The van der Waals surface area contributed by atoms with Crippen LogP contribution in [-0.4, -0.2) is 59.8 Å². The van der Waals surface area contributed by atoms with Gasteiger partial charge < -0.3 is 25.7 Å². The van der Waals surface area contributed by atoms with Crippen molar-refractivity contribution in [1.29, 1.82) is 0 Å². The molecule has 0 saturated heterocycles. The van der Waals surface area contributed by atoms with Gasteiger partial charge in [-0.25, -0.2) is 4.98 Å². The molecule has 2 aromatic carbocycles. The van der Waals surface area contributed by atoms with Gasteiger partial charge in [0.1, 0.15) is 18.2 Å². The molecule has 9 nitrogen and oxygen atoms in total. The van der Waals surface area contributed by atoms with Crippen molar-refractivity contribution in [2.24, 2.45) is 5.73 Å². The summed E-state index contributed by atoms with van der Waals surface area (Å²) in [5, 5.41) is 2.54. The molecule has 9 heteroatoms. The largest absolute Gasteiger partial charge is 0.493 e. The number of pyridine rings is 3. The lowest BCUT2D eigenvalue weighted by molar-refractivity contribution is 0.213. The average molecular weight is 539 g/mol. The highest BCUT2D eigenvalue weighted by Crippen LogP contribution is 2.37. The van der Waals surface area contributed by atoms with E-state index < -0.39 is 0 Å². The van der Waals surface area contributed by atoms with Crippen LogP contribution in [0.15, 0.2) is 73.2 Å². The molecule has 0 fully saturated rings. The van der Waals surface area contributed by atoms with E-state index in [0.717, 1.165) is 46.9 Å². The highest BCUT2D eigenvalue weighted by Gasteiger charge is 2.15. The molecule has 3 heterocycles. The number of nitrogen functional groups attached to an aromatic ring is 1. The minimum Gasteiger partial charge on any atom is -0.493 e. The third-order valence-electron chi connectivity index (χ3n) is 6.87. The summed E-state index contributed by atoms with van der Waals surface area (Å²) in [6, 6.07) is 17.9. The molecule has 5 rings (SSSR count). The minimum absolute atomic E-state index is 0.160. The first-order chi connectivity index (χ1) is 19.5. The zero-order valence-electron chi connectivity index (χ0n) is 23.0. The fourth-order valence-electron chi connectivity index (χ4n) is 4.78. The van der Waals surface area contributed by atoms with Gasteiger partial charge in [0, 0.05) is 47.9 Å². The Morgan fingerprint density at radius 2 is 1.68 bits per heavy atom. The monoisotopic (exact) mass is 538 g/mol. The van der Waals surface area contributed by atoms with Crippen LogP contribution in [0.3, 0.4) is 0 Å². The van der Waals surface area contributed by atoms with E-state index in [2.05, 4.69) is 51.0 Å². The van der Waals surface area contributed by atoms with Gasteiger partial charge in [-0.05, 0) is 35.7 Å². The van der Waals surface area contributed by atoms with Crippen molar-refractivity contribution in [3.8, 4) is 28.5 Å². The average Bonchev–Trinajstić information content (AvgIpc) is 2.99. The molecule has 0 aliphatic heterocycles. The number of likely N-dealkylation sites (N-methyl/N-ethyl adjacent to an activating group) is 1. The predicted octanol–water partition coefficient (Wildman–Crippen LogP) is 4.67. The van der Waals surface area contributed by atoms with Crippen molar-refractivity contribution in [1.82, 2.24) is 19.9 Å². The van der Waals surface area contributed by atoms with Gasteiger partial charge >= 0.3 is 0 Å². The Balaban J connectivity index is 1.36. The third kappa shape index (κ3) is 5.90. The Hall–Kier alpha value is -4.47. The van der Waals surface area contributed by atoms with Gasteiger partial charge in [0.25, 0.3) is 0 Å². The maximum Gasteiger partial charge on any atom is 0.162 e. The number of nitrogens with two attached hydrogens (primary N) is 2. The van der Waals surface area contributed by atoms with E-state index in [1.54, 1.807) is 32.8 Å². The first-order valence-corrected chi connectivity index (χ1v) is 13.2. The highest BCUT2D eigenvalue weighted by atomic mass is 16.5. The van der Waals surface area contributed by atoms with E-state index in [1.807, 2.05) is 30.3 Å². The quantitative estimate of drug-likeness (QED) is 0.231. The van der Waals surface area contributed by atoms with Crippen molar-refractivity contribution in [3.05, 3.63) is 78.8 Å². The van der Waals surface area contributed by atoms with Gasteiger partial charge in [0.15, 0.2) is 11.5 Å². The number of hydrogen-bond acceptors (Lipinski definition) is 9. The van der Waals surface area contributed by atoms with Crippen LogP contribution in [0.1, 0.15) is 12.5 Å². The molecule has 5 aromatic rings. The van der Waals surface area contributed by atoms with E-state index in [-0.39, 0.29) is 6.04 Å². The molecule has 0 aliphatic rings. The van der Waals surface area contributed by atoms with E-state index in [9.17, 15) is 0 Å². The van der Waals surface area contributed by atoms with Gasteiger partial charge in [0.2, 0.25) is 0 Å². The van der Waals surface area contributed by atoms with Crippen LogP contribution in [0.5, 0.6) is 17.2 Å². The Morgan fingerprint density at radius 1 is 0.900 bits per heavy atom. The molecule has 0 amide bonds. The zero-order chi connectivity index (χ0) is 28.1. The maximum atomic E-state index is 6.44. The number of methoxy groups -OCH3 is 2. The molecule has 206 valence electrons. The van der Waals surface area contributed by atoms with Crippen LogP contribution in [0.4, 0.5) is 5.82 Å². The van der Waals surface area contributed by atoms with Crippen molar-refractivity contribution >= 4 is 27.5 Å². The van der Waals surface area contributed by atoms with Gasteiger partial charge in [-0.1, -0.05) is 37.3 Å². The van der Waals surface area contributed by atoms with E-state index >= 15 is 0 Å². The molecule has 1 atom stereocenters. The first-order valence-electron chi connectivity index (χ1n) is 13.2. The van der Waals surface area contributed by atoms with Crippen molar-refractivity contribution < 1.29 is 14.2 Å². The Kier molecular flexibility index (Phi) is 8.23. The number of anilines is 1. The van der Waals surface area contributed by atoms with Crippen LogP contribution >= 0.6 is 0 Å². The summed E-state index contributed by atoms with van der Waals surface area (Å²) in [6.07, 6.45) is 5.15. The Bertz CT molecular complexity index is 1610. The van der Waals surface area contributed by atoms with E-state index in [4.69, 9.17) is 25.7 Å². The molecule has 0 saturated carbocycles. The summed E-state index contributed by atoms with van der Waals surface area (Å²) in [5.41, 5.74) is 16.3. The fraction of sp³-hybridized carbons (Fsp3) is 0.258. The summed E-state index contributed by atoms with van der Waals surface area (Å²) >= 11 is 0. The zero-order valence-corrected chi connectivity index (χ0v) is 23.0. The summed E-state index contributed by atoms with van der Waals surface area (Å²) < 4.78 is 17.0. The third-order valence-corrected chi connectivity index (χ3v) is 6.87. The second-order valence-electron chi connectivity index (χ2n) is 9.63. The number of benzene rings is 2. The number of rotatable bonds is 11. The van der Waals surface area contributed by atoms with E-state index in [1.165, 1.54) is 5.56 Å². The molecular weight excluding hydrogens is 504 g/mol. The molecule has 3 aromatic heterocycles. The van der Waals surface area contributed by atoms with Crippen molar-refractivity contribution in [2.75, 3.05) is 39.6 Å². The van der Waals surface area contributed by atoms with Gasteiger partial charge in [-0.15, -0.1) is 0 Å². The van der Waals surface area contributed by atoms with Crippen LogP contribution in [0.25, 0.3) is 32.9 Å². The summed E-state index contributed by atoms with van der Waals surface area (Å²) in [7, 11) is 3.21. The molecule has 0 radical (unpaired) electrons. The number of ether oxygens (including phenoxy) is 3. The second kappa shape index (κ2) is 12.1. The van der Waals surface area contributed by atoms with Crippen LogP contribution in [-0.2, 0) is 6.54 Å². The lowest BCUT2D eigenvalue weighted by atomic mass is 10.0. The van der Waals surface area contributed by atoms with Crippen molar-refractivity contribution in [3.63, 3.8) is 0 Å². The lowest BCUT2D eigenvalue weighted by Gasteiger charge is -2.24. The SMILES string of the molecule is CCN(Cc1ccccc1)C[C@@H](N)COc1cncc(-c2cc3c(cnc4cc(OC)c(OC)cc43)c(N)n2)c1. The summed E-state index contributed by atoms with van der Waals surface area (Å²) in [4.78, 5) is 15.9. The first kappa shape index (κ1) is 27.1. The summed E-state index contributed by atoms with van der Waals surface area (Å²) in [6.45, 7) is 4.97. The topological polar surface area (TPSA) is 122 Å². The highest BCUT2D eigenvalue weighted by molar-refractivity contribution is 6.10. The van der Waals surface area contributed by atoms with Gasteiger partial charge in [0.05, 0.1) is 37.7 Å². The number of aromatic nitrogens is 3. The lowest BCUT2D eigenvalue weighted by Crippen LogP contribution is -2.40. The fourth-order valence-corrected chi connectivity index (χ4v) is 4.78. The minimum atomic E-state index is -0.160. The summed E-state index contributed by atoms with van der Waals surface area (Å²) in [5.74, 6) is 2.21. The second-order valence-corrected chi connectivity index (χ2v) is 9.63. The Morgan fingerprint density at radius 3 is 2.42 bits per heavy atom. The number of nitrogens with zero attached hydrogens (tertiary/aromatic N) is 4. The standard InChI is InChI=1S/C31H34N6O3/c1-4-37(17-20-8-6-5-7-9-20)18-22(32)19-40-23-10-21(14-34-15-23)27-11-24-25-12-29(38-2)30(39-3)13-28(25)35-16-26(24)31(33)36-27/h5-16,22H,4,17-19,32H2,1-3H3,(H2,33,36)/t22-/m1/s1. The molecule has 0 unspecified atom stereocenters. The molecule has 4 N–H and O–H groups in total. The maximum absolute atomic E-state index is 6.44. The predicted molar refractivity (Wildman–Crippen MR) is 159 cm³/mol. The van der Waals surface area contributed by atoms with Crippen LogP contribution in [0.2, 0.25) is 0 Å².